The van der Waals surface area contributed by atoms with E-state index < -0.39 is 11.6 Å². The first-order chi connectivity index (χ1) is 12.2. The molecule has 0 heterocycles. The summed E-state index contributed by atoms with van der Waals surface area (Å²) >= 11 is -0.750. The van der Waals surface area contributed by atoms with Gasteiger partial charge in [-0.25, -0.2) is 0 Å². The van der Waals surface area contributed by atoms with Gasteiger partial charge in [0.1, 0.15) is 0 Å². The molecule has 0 radical (unpaired) electrons. The van der Waals surface area contributed by atoms with E-state index >= 15 is 0 Å². The van der Waals surface area contributed by atoms with Gasteiger partial charge in [-0.1, -0.05) is 39.8 Å². The Labute approximate surface area is 165 Å². The van der Waals surface area contributed by atoms with Crippen LogP contribution in [0.1, 0.15) is 48.0 Å². The molecular weight excluding hydrogens is 354 g/mol. The molecule has 26 heavy (non-hydrogen) atoms. The molecular formula is C18H43N3O4S. The van der Waals surface area contributed by atoms with E-state index in [2.05, 4.69) is 49.9 Å². The molecule has 0 aromatic rings. The lowest BCUT2D eigenvalue weighted by atomic mass is 10.3. The lowest BCUT2D eigenvalue weighted by molar-refractivity contribution is -0.110. The second kappa shape index (κ2) is 91.2. The zero-order valence-electron chi connectivity index (χ0n) is 18.3. The number of allylic oxidation sites excluding steroid dienone is 2. The van der Waals surface area contributed by atoms with Gasteiger partial charge in [0.2, 0.25) is 12.8 Å². The van der Waals surface area contributed by atoms with Crippen molar-refractivity contribution in [3.8, 4) is 0 Å². The van der Waals surface area contributed by atoms with Crippen molar-refractivity contribution >= 4 is 24.4 Å². The number of hydrogen-bond donors (Lipinski definition) is 3. The molecule has 8 heteroatoms. The second-order valence-electron chi connectivity index (χ2n) is 4.60. The molecule has 0 saturated heterocycles. The van der Waals surface area contributed by atoms with Crippen LogP contribution in [0.25, 0.3) is 0 Å². The van der Waals surface area contributed by atoms with Gasteiger partial charge >= 0.3 is 11.6 Å². The Morgan fingerprint density at radius 1 is 0.923 bits per heavy atom. The first-order valence-corrected chi connectivity index (χ1v) is 8.81. The second-order valence-corrected chi connectivity index (χ2v) is 4.73. The first kappa shape index (κ1) is 44.0. The number of hydrogen-bond acceptors (Lipinski definition) is 5. The van der Waals surface area contributed by atoms with E-state index in [1.807, 2.05) is 34.9 Å². The lowest BCUT2D eigenvalue weighted by Crippen LogP contribution is -2.10. The average Bonchev–Trinajstić information content (AvgIpc) is 2.55. The Hall–Kier alpha value is -1.80. The largest absolute Gasteiger partial charge is 0.362 e. The molecule has 0 saturated carbocycles. The van der Waals surface area contributed by atoms with Crippen molar-refractivity contribution in [3.63, 3.8) is 0 Å². The minimum Gasteiger partial charge on any atom is -0.362 e. The highest BCUT2D eigenvalue weighted by Gasteiger charge is 1.69. The maximum absolute atomic E-state index is 9.45. The smallest absolute Gasteiger partial charge is 0.335 e. The lowest BCUT2D eigenvalue weighted by Gasteiger charge is -1.86. The molecule has 0 atom stereocenters. The average molecular weight is 398 g/mol. The van der Waals surface area contributed by atoms with Gasteiger partial charge in [0.05, 0.1) is 0 Å². The molecule has 160 valence electrons. The minimum absolute atomic E-state index is 0.625. The van der Waals surface area contributed by atoms with E-state index in [1.165, 1.54) is 0 Å². The van der Waals surface area contributed by atoms with Crippen molar-refractivity contribution < 1.29 is 18.0 Å². The molecule has 0 aliphatic heterocycles. The quantitative estimate of drug-likeness (QED) is 0.384. The van der Waals surface area contributed by atoms with Crippen LogP contribution in [-0.2, 0) is 21.2 Å². The monoisotopic (exact) mass is 397 g/mol. The van der Waals surface area contributed by atoms with Crippen LogP contribution < -0.4 is 16.0 Å². The van der Waals surface area contributed by atoms with Crippen molar-refractivity contribution in [1.82, 2.24) is 16.0 Å². The first-order valence-electron chi connectivity index (χ1n) is 8.15. The molecule has 7 nitrogen and oxygen atoms in total. The van der Waals surface area contributed by atoms with Crippen molar-refractivity contribution in [2.24, 2.45) is 5.92 Å². The summed E-state index contributed by atoms with van der Waals surface area (Å²) < 4.78 is 16.6. The minimum atomic E-state index is -0.750. The van der Waals surface area contributed by atoms with Gasteiger partial charge in [0.25, 0.3) is 0 Å². The number of rotatable bonds is 4. The summed E-state index contributed by atoms with van der Waals surface area (Å²) in [7, 11) is 5.31. The summed E-state index contributed by atoms with van der Waals surface area (Å²) in [4.78, 5) is 18.5. The predicted molar refractivity (Wildman–Crippen MR) is 116 cm³/mol. The van der Waals surface area contributed by atoms with Crippen molar-refractivity contribution in [3.05, 3.63) is 25.3 Å². The molecule has 0 aromatic carbocycles. The zero-order chi connectivity index (χ0) is 22.6. The fourth-order valence-corrected chi connectivity index (χ4v) is 0.203. The predicted octanol–water partition coefficient (Wildman–Crippen LogP) is 2.72. The van der Waals surface area contributed by atoms with Crippen molar-refractivity contribution in [2.45, 2.75) is 48.0 Å². The highest BCUT2D eigenvalue weighted by Crippen LogP contribution is 1.81. The zero-order valence-corrected chi connectivity index (χ0v) is 19.1. The van der Waals surface area contributed by atoms with E-state index in [-0.39, 0.29) is 0 Å². The van der Waals surface area contributed by atoms with Gasteiger partial charge in [0.15, 0.2) is 0 Å². The van der Waals surface area contributed by atoms with Crippen LogP contribution >= 0.6 is 0 Å². The highest BCUT2D eigenvalue weighted by molar-refractivity contribution is 7.51. The summed E-state index contributed by atoms with van der Waals surface area (Å²) in [5, 5.41) is 7.52. The van der Waals surface area contributed by atoms with Crippen LogP contribution in [0, 0.1) is 5.92 Å². The third-order valence-electron chi connectivity index (χ3n) is 0.596. The molecule has 0 aromatic heterocycles. The van der Waals surface area contributed by atoms with Crippen LogP contribution in [-0.4, -0.2) is 48.9 Å². The van der Waals surface area contributed by atoms with Gasteiger partial charge in [-0.2, -0.15) is 8.42 Å². The Balaban J connectivity index is -0.0000000331. The molecule has 0 unspecified atom stereocenters. The van der Waals surface area contributed by atoms with E-state index in [0.29, 0.717) is 12.8 Å². The van der Waals surface area contributed by atoms with E-state index in [4.69, 9.17) is 13.2 Å². The van der Waals surface area contributed by atoms with Gasteiger partial charge in [-0.05, 0) is 40.3 Å². The van der Waals surface area contributed by atoms with Crippen molar-refractivity contribution in [1.29, 1.82) is 0 Å². The standard InChI is InChI=1S/C4H9NO.C4H10.2C3H6.C2H5NO.C2H7N.O2S/c1-2-3-5-4-6;1-4(2)3;2*1-3-2;1-3-2-4;2*1-3-2/h4H,2-3H2,1H3,(H,5,6);4H,1-3H3;2*3H,1H2,2H3;2H,1H3,(H,3,4);3H,1-2H3;. The SMILES string of the molecule is C=CC.C=CC.CC(C)C.CCCNC=O.CNC.CNC=O.O=S=O. The maximum Gasteiger partial charge on any atom is 0.335 e. The number of carbonyl (C=O) groups excluding carboxylic acids is 2. The normalized spacial score (nSPS) is 6.08. The van der Waals surface area contributed by atoms with E-state index in [0.717, 1.165) is 18.9 Å². The van der Waals surface area contributed by atoms with Crippen molar-refractivity contribution in [2.75, 3.05) is 27.7 Å². The Kier molecular flexibility index (Phi) is 154. The highest BCUT2D eigenvalue weighted by atomic mass is 32.1. The van der Waals surface area contributed by atoms with Gasteiger partial charge < -0.3 is 16.0 Å². The molecule has 2 amide bonds. The molecule has 0 fully saturated rings. The summed E-state index contributed by atoms with van der Waals surface area (Å²) in [6.45, 7) is 19.8. The van der Waals surface area contributed by atoms with E-state index in [9.17, 15) is 4.79 Å². The number of amides is 2. The summed E-state index contributed by atoms with van der Waals surface area (Å²) in [5.74, 6) is 0.833. The molecule has 0 rings (SSSR count). The van der Waals surface area contributed by atoms with Gasteiger partial charge in [0, 0.05) is 13.6 Å². The fourth-order valence-electron chi connectivity index (χ4n) is 0.203. The number of nitrogens with one attached hydrogen (secondary N) is 3. The maximum atomic E-state index is 9.45. The fraction of sp³-hybridized carbons (Fsp3) is 0.667. The third-order valence-corrected chi connectivity index (χ3v) is 0.596. The van der Waals surface area contributed by atoms with Gasteiger partial charge in [-0.15, -0.1) is 13.2 Å². The van der Waals surface area contributed by atoms with Crippen LogP contribution in [0.4, 0.5) is 0 Å². The topological polar surface area (TPSA) is 104 Å². The molecule has 3 N–H and O–H groups in total. The van der Waals surface area contributed by atoms with Crippen LogP contribution in [0.3, 0.4) is 0 Å². The summed E-state index contributed by atoms with van der Waals surface area (Å²) in [5.41, 5.74) is 0. The number of carbonyl (C=O) groups is 2. The molecule has 0 aliphatic carbocycles. The third kappa shape index (κ3) is 2060. The summed E-state index contributed by atoms with van der Waals surface area (Å²) in [6, 6.07) is 0. The molecule has 0 aliphatic rings. The molecule has 0 bridgehead atoms. The van der Waals surface area contributed by atoms with Crippen LogP contribution in [0.15, 0.2) is 25.3 Å². The van der Waals surface area contributed by atoms with Crippen LogP contribution in [0.2, 0.25) is 0 Å². The summed E-state index contributed by atoms with van der Waals surface area (Å²) in [6.07, 6.45) is 5.85. The Morgan fingerprint density at radius 2 is 1.12 bits per heavy atom. The Bertz CT molecular complexity index is 250. The molecule has 0 spiro atoms. The van der Waals surface area contributed by atoms with E-state index in [1.54, 1.807) is 19.2 Å². The van der Waals surface area contributed by atoms with Gasteiger partial charge in [-0.3, -0.25) is 9.59 Å². The Morgan fingerprint density at radius 3 is 1.15 bits per heavy atom. The van der Waals surface area contributed by atoms with Crippen LogP contribution in [0.5, 0.6) is 0 Å².